The summed E-state index contributed by atoms with van der Waals surface area (Å²) in [5, 5.41) is 32.1. The minimum absolute atomic E-state index is 0.252. The number of pyridine rings is 1. The molecule has 0 radical (unpaired) electrons. The first-order chi connectivity index (χ1) is 17.5. The van der Waals surface area contributed by atoms with Crippen LogP contribution in [0.5, 0.6) is 0 Å². The number of rotatable bonds is 4. The highest BCUT2D eigenvalue weighted by Crippen LogP contribution is 2.39. The van der Waals surface area contributed by atoms with E-state index in [1.807, 2.05) is 18.5 Å². The van der Waals surface area contributed by atoms with Crippen LogP contribution in [-0.4, -0.2) is 32.0 Å². The summed E-state index contributed by atoms with van der Waals surface area (Å²) in [6.45, 7) is 3.24. The Balaban J connectivity index is 1.42. The van der Waals surface area contributed by atoms with Gasteiger partial charge in [0.25, 0.3) is 0 Å². The molecule has 7 nitrogen and oxygen atoms in total. The first-order valence-electron chi connectivity index (χ1n) is 12.1. The highest BCUT2D eigenvalue weighted by atomic mass is 32.2. The number of hydrogen-bond acceptors (Lipinski definition) is 6. The third kappa shape index (κ3) is 3.95. The van der Waals surface area contributed by atoms with Crippen LogP contribution in [-0.2, 0) is 0 Å². The van der Waals surface area contributed by atoms with Gasteiger partial charge >= 0.3 is 0 Å². The monoisotopic (exact) mass is 497 g/mol. The van der Waals surface area contributed by atoms with Gasteiger partial charge in [-0.3, -0.25) is 4.68 Å². The SMILES string of the molecule is Cc1c(-c2cc(Sc3ccc(F)cc3C#N)c3c(C#N)cnn3c2)cnn1[C@H]1CCC2CN[C@H](C2)C1. The quantitative estimate of drug-likeness (QED) is 0.414. The van der Waals surface area contributed by atoms with Crippen molar-refractivity contribution in [2.45, 2.75) is 54.5 Å². The van der Waals surface area contributed by atoms with Crippen LogP contribution in [0.4, 0.5) is 4.39 Å². The molecule has 36 heavy (non-hydrogen) atoms. The van der Waals surface area contributed by atoms with Gasteiger partial charge in [-0.15, -0.1) is 0 Å². The number of aromatic nitrogens is 4. The molecule has 1 aromatic carbocycles. The molecule has 1 unspecified atom stereocenters. The fourth-order valence-corrected chi connectivity index (χ4v) is 6.74. The van der Waals surface area contributed by atoms with E-state index in [0.717, 1.165) is 47.0 Å². The van der Waals surface area contributed by atoms with Crippen LogP contribution < -0.4 is 5.32 Å². The van der Waals surface area contributed by atoms with Crippen LogP contribution in [0.15, 0.2) is 52.6 Å². The minimum atomic E-state index is -0.457. The van der Waals surface area contributed by atoms with E-state index in [-0.39, 0.29) is 5.56 Å². The van der Waals surface area contributed by atoms with Crippen LogP contribution in [0.3, 0.4) is 0 Å². The van der Waals surface area contributed by atoms with Crippen LogP contribution >= 0.6 is 11.8 Å². The van der Waals surface area contributed by atoms with Crippen LogP contribution in [0.1, 0.15) is 48.5 Å². The van der Waals surface area contributed by atoms with E-state index >= 15 is 0 Å². The van der Waals surface area contributed by atoms with Gasteiger partial charge in [0.2, 0.25) is 0 Å². The number of hydrogen-bond donors (Lipinski definition) is 1. The third-order valence-corrected chi connectivity index (χ3v) is 8.57. The summed E-state index contributed by atoms with van der Waals surface area (Å²) in [5.74, 6) is 0.318. The van der Waals surface area contributed by atoms with E-state index < -0.39 is 5.82 Å². The molecule has 1 saturated carbocycles. The van der Waals surface area contributed by atoms with E-state index in [4.69, 9.17) is 5.10 Å². The zero-order valence-corrected chi connectivity index (χ0v) is 20.6. The molecule has 9 heteroatoms. The molecular weight excluding hydrogens is 473 g/mol. The Hall–Kier alpha value is -3.66. The number of halogens is 1. The second-order valence-electron chi connectivity index (χ2n) is 9.67. The molecule has 1 N–H and O–H groups in total. The molecule has 2 bridgehead atoms. The van der Waals surface area contributed by atoms with Crippen LogP contribution in [0, 0.1) is 41.3 Å². The number of nitrogens with one attached hydrogen (secondary N) is 1. The summed E-state index contributed by atoms with van der Waals surface area (Å²) in [6.07, 6.45) is 10.1. The van der Waals surface area contributed by atoms with Crippen LogP contribution in [0.25, 0.3) is 16.6 Å². The van der Waals surface area contributed by atoms with Gasteiger partial charge < -0.3 is 5.32 Å². The Morgan fingerprint density at radius 1 is 1.06 bits per heavy atom. The normalized spacial score (nSPS) is 21.3. The van der Waals surface area contributed by atoms with Crippen molar-refractivity contribution in [3.05, 3.63) is 65.5 Å². The Kier molecular flexibility index (Phi) is 5.75. The standard InChI is InChI=1S/C27H24FN7S/c1-16-24(14-33-35(16)23-4-2-17-6-22(9-23)31-12-17)19-8-26(27-20(11-30)13-32-34(27)15-19)36-25-5-3-21(28)7-18(25)10-29/h3,5,7-8,13-15,17,22-23,31H,2,4,6,9,12H2,1H3/t17?,22-,23+/m1/s1. The average Bonchev–Trinajstić information content (AvgIpc) is 3.56. The highest BCUT2D eigenvalue weighted by Gasteiger charge is 2.32. The van der Waals surface area contributed by atoms with Gasteiger partial charge in [0, 0.05) is 38.9 Å². The maximum Gasteiger partial charge on any atom is 0.124 e. The topological polar surface area (TPSA) is 94.7 Å². The second kappa shape index (κ2) is 9.09. The predicted octanol–water partition coefficient (Wildman–Crippen LogP) is 5.24. The molecule has 0 amide bonds. The van der Waals surface area contributed by atoms with Crippen molar-refractivity contribution in [1.82, 2.24) is 24.7 Å². The van der Waals surface area contributed by atoms with Gasteiger partial charge in [0.15, 0.2) is 0 Å². The molecule has 1 aliphatic heterocycles. The molecule has 1 saturated heterocycles. The summed E-state index contributed by atoms with van der Waals surface area (Å²) >= 11 is 1.34. The molecule has 0 spiro atoms. The lowest BCUT2D eigenvalue weighted by atomic mass is 10.0. The first kappa shape index (κ1) is 22.8. The Morgan fingerprint density at radius 2 is 1.92 bits per heavy atom. The Bertz CT molecular complexity index is 1560. The summed E-state index contributed by atoms with van der Waals surface area (Å²) in [6, 6.07) is 11.4. The third-order valence-electron chi connectivity index (χ3n) is 7.46. The number of benzene rings is 1. The summed E-state index contributed by atoms with van der Waals surface area (Å²) < 4.78 is 17.6. The van der Waals surface area contributed by atoms with E-state index in [0.29, 0.717) is 28.1 Å². The van der Waals surface area contributed by atoms with Crippen molar-refractivity contribution >= 4 is 17.3 Å². The molecule has 2 aliphatic rings. The van der Waals surface area contributed by atoms with Gasteiger partial charge in [-0.1, -0.05) is 11.8 Å². The Labute approximate surface area is 212 Å². The number of nitrogens with zero attached hydrogens (tertiary/aromatic N) is 6. The molecule has 3 aromatic heterocycles. The maximum atomic E-state index is 13.7. The van der Waals surface area contributed by atoms with Crippen molar-refractivity contribution in [2.75, 3.05) is 6.54 Å². The molecule has 180 valence electrons. The molecule has 4 aromatic rings. The molecular formula is C27H24FN7S. The summed E-state index contributed by atoms with van der Waals surface area (Å²) in [4.78, 5) is 1.39. The van der Waals surface area contributed by atoms with Crippen molar-refractivity contribution in [3.8, 4) is 23.3 Å². The van der Waals surface area contributed by atoms with Gasteiger partial charge in [-0.25, -0.2) is 8.91 Å². The van der Waals surface area contributed by atoms with Gasteiger partial charge in [-0.05, 0) is 69.3 Å². The highest BCUT2D eigenvalue weighted by molar-refractivity contribution is 7.99. The van der Waals surface area contributed by atoms with Crippen molar-refractivity contribution in [1.29, 1.82) is 10.5 Å². The lowest BCUT2D eigenvalue weighted by molar-refractivity contribution is 0.346. The average molecular weight is 498 g/mol. The predicted molar refractivity (Wildman–Crippen MR) is 134 cm³/mol. The maximum absolute atomic E-state index is 13.7. The van der Waals surface area contributed by atoms with Crippen molar-refractivity contribution in [3.63, 3.8) is 0 Å². The van der Waals surface area contributed by atoms with Gasteiger partial charge in [0.1, 0.15) is 18.0 Å². The first-order valence-corrected chi connectivity index (χ1v) is 12.9. The fourth-order valence-electron chi connectivity index (χ4n) is 5.66. The van der Waals surface area contributed by atoms with E-state index in [1.165, 1.54) is 36.7 Å². The smallest absolute Gasteiger partial charge is 0.124 e. The largest absolute Gasteiger partial charge is 0.314 e. The fraction of sp³-hybridized carbons (Fsp3) is 0.333. The molecule has 1 aliphatic carbocycles. The molecule has 4 heterocycles. The van der Waals surface area contributed by atoms with Gasteiger partial charge in [-0.2, -0.15) is 20.7 Å². The summed E-state index contributed by atoms with van der Waals surface area (Å²) in [5.41, 5.74) is 4.39. The minimum Gasteiger partial charge on any atom is -0.314 e. The van der Waals surface area contributed by atoms with E-state index in [1.54, 1.807) is 16.8 Å². The lowest BCUT2D eigenvalue weighted by Crippen LogP contribution is -2.27. The van der Waals surface area contributed by atoms with Gasteiger partial charge in [0.05, 0.1) is 35.1 Å². The van der Waals surface area contributed by atoms with Crippen LogP contribution in [0.2, 0.25) is 0 Å². The molecule has 2 fully saturated rings. The van der Waals surface area contributed by atoms with Crippen molar-refractivity contribution in [2.24, 2.45) is 5.92 Å². The Morgan fingerprint density at radius 3 is 2.75 bits per heavy atom. The molecule has 6 rings (SSSR count). The van der Waals surface area contributed by atoms with E-state index in [2.05, 4.69) is 34.2 Å². The number of nitriles is 2. The van der Waals surface area contributed by atoms with Crippen molar-refractivity contribution < 1.29 is 4.39 Å². The lowest BCUT2D eigenvalue weighted by Gasteiger charge is -2.22. The number of fused-ring (bicyclic) bond motifs is 3. The zero-order valence-electron chi connectivity index (χ0n) is 19.8. The molecule has 3 atom stereocenters. The zero-order chi connectivity index (χ0) is 24.8. The summed E-state index contributed by atoms with van der Waals surface area (Å²) in [7, 11) is 0. The van der Waals surface area contributed by atoms with E-state index in [9.17, 15) is 14.9 Å². The second-order valence-corrected chi connectivity index (χ2v) is 10.8.